The molecule has 88 valence electrons. The van der Waals surface area contributed by atoms with Gasteiger partial charge in [-0.3, -0.25) is 0 Å². The molecule has 2 nitrogen and oxygen atoms in total. The maximum Gasteiger partial charge on any atom is 0.124 e. The minimum atomic E-state index is -0.483. The van der Waals surface area contributed by atoms with Crippen LogP contribution in [0.25, 0.3) is 0 Å². The Labute approximate surface area is 101 Å². The molecule has 1 aromatic rings. The molecule has 2 rings (SSSR count). The SMILES string of the molecule is COc1ccc(Cl)cc1C(O)C1CC1(C)C. The second-order valence-corrected chi connectivity index (χ2v) is 5.57. The predicted octanol–water partition coefficient (Wildman–Crippen LogP) is 3.43. The maximum atomic E-state index is 10.3. The van der Waals surface area contributed by atoms with Gasteiger partial charge in [-0.25, -0.2) is 0 Å². The van der Waals surface area contributed by atoms with Gasteiger partial charge in [0.05, 0.1) is 13.2 Å². The third-order valence-corrected chi connectivity index (χ3v) is 3.72. The van der Waals surface area contributed by atoms with Gasteiger partial charge in [0.1, 0.15) is 5.75 Å². The van der Waals surface area contributed by atoms with Gasteiger partial charge in [0.15, 0.2) is 0 Å². The molecule has 16 heavy (non-hydrogen) atoms. The van der Waals surface area contributed by atoms with Crippen LogP contribution < -0.4 is 4.74 Å². The van der Waals surface area contributed by atoms with Gasteiger partial charge in [-0.1, -0.05) is 25.4 Å². The summed E-state index contributed by atoms with van der Waals surface area (Å²) in [5.41, 5.74) is 1.03. The number of hydrogen-bond donors (Lipinski definition) is 1. The molecule has 1 N–H and O–H groups in total. The molecule has 0 saturated heterocycles. The van der Waals surface area contributed by atoms with Crippen LogP contribution in [0.15, 0.2) is 18.2 Å². The molecular formula is C13H17ClO2. The lowest BCUT2D eigenvalue weighted by atomic mass is 9.99. The van der Waals surface area contributed by atoms with E-state index in [1.165, 1.54) is 0 Å². The van der Waals surface area contributed by atoms with Crippen LogP contribution in [0.3, 0.4) is 0 Å². The molecule has 3 heteroatoms. The van der Waals surface area contributed by atoms with Crippen LogP contribution in [0.4, 0.5) is 0 Å². The molecule has 0 bridgehead atoms. The molecule has 1 aliphatic rings. The number of aliphatic hydroxyl groups is 1. The van der Waals surface area contributed by atoms with Crippen molar-refractivity contribution in [2.45, 2.75) is 26.4 Å². The van der Waals surface area contributed by atoms with E-state index >= 15 is 0 Å². The summed E-state index contributed by atoms with van der Waals surface area (Å²) in [4.78, 5) is 0. The van der Waals surface area contributed by atoms with Crippen molar-refractivity contribution in [2.75, 3.05) is 7.11 Å². The molecule has 2 unspecified atom stereocenters. The van der Waals surface area contributed by atoms with E-state index in [-0.39, 0.29) is 5.41 Å². The molecule has 1 aliphatic carbocycles. The molecular weight excluding hydrogens is 224 g/mol. The Kier molecular flexibility index (Phi) is 2.89. The smallest absolute Gasteiger partial charge is 0.124 e. The minimum absolute atomic E-state index is 0.229. The Hall–Kier alpha value is -0.730. The fraction of sp³-hybridized carbons (Fsp3) is 0.538. The van der Waals surface area contributed by atoms with Gasteiger partial charge in [-0.15, -0.1) is 0 Å². The van der Waals surface area contributed by atoms with Gasteiger partial charge in [0.25, 0.3) is 0 Å². The third-order valence-electron chi connectivity index (χ3n) is 3.48. The number of halogens is 1. The van der Waals surface area contributed by atoms with Crippen molar-refractivity contribution in [2.24, 2.45) is 11.3 Å². The normalized spacial score (nSPS) is 23.9. The lowest BCUT2D eigenvalue weighted by molar-refractivity contribution is 0.135. The quantitative estimate of drug-likeness (QED) is 0.877. The molecule has 0 spiro atoms. The highest BCUT2D eigenvalue weighted by Gasteiger charge is 2.50. The predicted molar refractivity (Wildman–Crippen MR) is 64.9 cm³/mol. The van der Waals surface area contributed by atoms with Gasteiger partial charge >= 0.3 is 0 Å². The number of hydrogen-bond acceptors (Lipinski definition) is 2. The zero-order chi connectivity index (χ0) is 11.9. The first kappa shape index (κ1) is 11.7. The summed E-state index contributed by atoms with van der Waals surface area (Å²) < 4.78 is 5.25. The summed E-state index contributed by atoms with van der Waals surface area (Å²) >= 11 is 5.95. The highest BCUT2D eigenvalue weighted by molar-refractivity contribution is 6.30. The highest BCUT2D eigenvalue weighted by atomic mass is 35.5. The molecule has 0 aromatic heterocycles. The Bertz CT molecular complexity index is 401. The van der Waals surface area contributed by atoms with Crippen molar-refractivity contribution in [1.82, 2.24) is 0 Å². The van der Waals surface area contributed by atoms with Crippen LogP contribution in [0.1, 0.15) is 31.9 Å². The molecule has 1 saturated carbocycles. The molecule has 1 aromatic carbocycles. The second kappa shape index (κ2) is 3.94. The molecule has 1 fully saturated rings. The first-order valence-corrected chi connectivity index (χ1v) is 5.85. The Balaban J connectivity index is 2.29. The van der Waals surface area contributed by atoms with Crippen LogP contribution >= 0.6 is 11.6 Å². The molecule has 0 heterocycles. The Morgan fingerprint density at radius 2 is 2.12 bits per heavy atom. The van der Waals surface area contributed by atoms with Crippen LogP contribution in [-0.4, -0.2) is 12.2 Å². The zero-order valence-electron chi connectivity index (χ0n) is 9.83. The fourth-order valence-electron chi connectivity index (χ4n) is 2.20. The van der Waals surface area contributed by atoms with Crippen LogP contribution in [-0.2, 0) is 0 Å². The second-order valence-electron chi connectivity index (χ2n) is 5.13. The third kappa shape index (κ3) is 2.04. The number of benzene rings is 1. The van der Waals surface area contributed by atoms with Gasteiger partial charge < -0.3 is 9.84 Å². The van der Waals surface area contributed by atoms with E-state index in [4.69, 9.17) is 16.3 Å². The number of methoxy groups -OCH3 is 1. The molecule has 0 aliphatic heterocycles. The average molecular weight is 241 g/mol. The van der Waals surface area contributed by atoms with Gasteiger partial charge in [0.2, 0.25) is 0 Å². The van der Waals surface area contributed by atoms with Crippen LogP contribution in [0.5, 0.6) is 5.75 Å². The molecule has 0 radical (unpaired) electrons. The van der Waals surface area contributed by atoms with Gasteiger partial charge in [-0.05, 0) is 36.0 Å². The lowest BCUT2D eigenvalue weighted by Crippen LogP contribution is -2.06. The largest absolute Gasteiger partial charge is 0.496 e. The summed E-state index contributed by atoms with van der Waals surface area (Å²) in [5, 5.41) is 10.9. The molecule has 2 atom stereocenters. The van der Waals surface area contributed by atoms with Crippen molar-refractivity contribution >= 4 is 11.6 Å². The summed E-state index contributed by atoms with van der Waals surface area (Å²) in [6.45, 7) is 4.33. The van der Waals surface area contributed by atoms with Crippen LogP contribution in [0.2, 0.25) is 5.02 Å². The number of aliphatic hydroxyl groups excluding tert-OH is 1. The standard InChI is InChI=1S/C13H17ClO2/c1-13(2)7-10(13)12(15)9-6-8(14)4-5-11(9)16-3/h4-6,10,12,15H,7H2,1-3H3. The first-order valence-electron chi connectivity index (χ1n) is 5.47. The van der Waals surface area contributed by atoms with E-state index < -0.39 is 6.10 Å². The number of ether oxygens (including phenoxy) is 1. The summed E-state index contributed by atoms with van der Waals surface area (Å²) in [5.74, 6) is 1.01. The van der Waals surface area contributed by atoms with E-state index in [2.05, 4.69) is 13.8 Å². The summed E-state index contributed by atoms with van der Waals surface area (Å²) in [6.07, 6.45) is 0.563. The average Bonchev–Trinajstić information content (AvgIpc) is 2.86. The maximum absolute atomic E-state index is 10.3. The van der Waals surface area contributed by atoms with E-state index in [0.717, 1.165) is 12.0 Å². The van der Waals surface area contributed by atoms with E-state index in [1.807, 2.05) is 0 Å². The Morgan fingerprint density at radius 1 is 1.50 bits per heavy atom. The topological polar surface area (TPSA) is 29.5 Å². The Morgan fingerprint density at radius 3 is 2.62 bits per heavy atom. The van der Waals surface area contributed by atoms with Crippen LogP contribution in [0, 0.1) is 11.3 Å². The highest BCUT2D eigenvalue weighted by Crippen LogP contribution is 2.58. The first-order chi connectivity index (χ1) is 7.45. The minimum Gasteiger partial charge on any atom is -0.496 e. The van der Waals surface area contributed by atoms with Gasteiger partial charge in [0, 0.05) is 10.6 Å². The van der Waals surface area contributed by atoms with Crippen molar-refractivity contribution in [3.63, 3.8) is 0 Å². The van der Waals surface area contributed by atoms with Gasteiger partial charge in [-0.2, -0.15) is 0 Å². The summed E-state index contributed by atoms with van der Waals surface area (Å²) in [7, 11) is 1.61. The zero-order valence-corrected chi connectivity index (χ0v) is 10.6. The van der Waals surface area contributed by atoms with E-state index in [0.29, 0.717) is 16.7 Å². The number of rotatable bonds is 3. The molecule has 0 amide bonds. The van der Waals surface area contributed by atoms with Crippen molar-refractivity contribution < 1.29 is 9.84 Å². The van der Waals surface area contributed by atoms with Crippen molar-refractivity contribution in [3.8, 4) is 5.75 Å². The van der Waals surface area contributed by atoms with E-state index in [1.54, 1.807) is 25.3 Å². The van der Waals surface area contributed by atoms with Crippen molar-refractivity contribution in [3.05, 3.63) is 28.8 Å². The monoisotopic (exact) mass is 240 g/mol. The van der Waals surface area contributed by atoms with Crippen molar-refractivity contribution in [1.29, 1.82) is 0 Å². The summed E-state index contributed by atoms with van der Waals surface area (Å²) in [6, 6.07) is 5.37. The lowest BCUT2D eigenvalue weighted by Gasteiger charge is -2.16. The fourth-order valence-corrected chi connectivity index (χ4v) is 2.38. The van der Waals surface area contributed by atoms with E-state index in [9.17, 15) is 5.11 Å².